The molecule has 0 saturated heterocycles. The molecule has 2 rings (SSSR count). The highest BCUT2D eigenvalue weighted by atomic mass is 32.1. The van der Waals surface area contributed by atoms with E-state index >= 15 is 0 Å². The van der Waals surface area contributed by atoms with Gasteiger partial charge in [-0.15, -0.1) is 0 Å². The Morgan fingerprint density at radius 1 is 1.21 bits per heavy atom. The quantitative estimate of drug-likeness (QED) is 0.521. The number of benzene rings is 1. The Balaban J connectivity index is 2.23. The molecule has 2 aromatic rings. The highest BCUT2D eigenvalue weighted by molar-refractivity contribution is 7.08. The van der Waals surface area contributed by atoms with Gasteiger partial charge in [0.05, 0.1) is 0 Å². The topological polar surface area (TPSA) is 3.88 Å². The van der Waals surface area contributed by atoms with Gasteiger partial charge in [0, 0.05) is 11.3 Å². The number of nitrogens with zero attached hydrogens (tertiary/aromatic N) is 1. The molecule has 0 unspecified atom stereocenters. The minimum absolute atomic E-state index is 0.928. The lowest BCUT2D eigenvalue weighted by atomic mass is 10.2. The van der Waals surface area contributed by atoms with Crippen molar-refractivity contribution in [2.45, 2.75) is 20.4 Å². The fourth-order valence-corrected chi connectivity index (χ4v) is 2.08. The first-order chi connectivity index (χ1) is 6.77. The van der Waals surface area contributed by atoms with Gasteiger partial charge in [-0.25, -0.2) is 11.3 Å². The first kappa shape index (κ1) is 9.41. The van der Waals surface area contributed by atoms with E-state index in [0.29, 0.717) is 0 Å². The average molecular weight is 203 g/mol. The van der Waals surface area contributed by atoms with Crippen LogP contribution in [0, 0.1) is 19.4 Å². The van der Waals surface area contributed by atoms with Gasteiger partial charge in [-0.1, -0.05) is 42.1 Å². The van der Waals surface area contributed by atoms with Gasteiger partial charge in [0.1, 0.15) is 0 Å². The van der Waals surface area contributed by atoms with Crippen molar-refractivity contribution in [3.8, 4) is 0 Å². The number of thiazole rings is 1. The second kappa shape index (κ2) is 3.93. The van der Waals surface area contributed by atoms with Crippen molar-refractivity contribution in [1.29, 1.82) is 0 Å². The van der Waals surface area contributed by atoms with Crippen LogP contribution in [-0.4, -0.2) is 0 Å². The normalized spacial score (nSPS) is 10.4. The zero-order chi connectivity index (χ0) is 9.97. The summed E-state index contributed by atoms with van der Waals surface area (Å²) in [5.41, 5.74) is 5.93. The van der Waals surface area contributed by atoms with E-state index in [1.54, 1.807) is 11.3 Å². The monoisotopic (exact) mass is 203 g/mol. The average Bonchev–Trinajstić information content (AvgIpc) is 2.52. The fourth-order valence-electron chi connectivity index (χ4n) is 1.37. The molecule has 1 nitrogen and oxygen atoms in total. The summed E-state index contributed by atoms with van der Waals surface area (Å²) in [6, 6.07) is 10.5. The molecule has 0 aliphatic rings. The van der Waals surface area contributed by atoms with Crippen LogP contribution in [0.3, 0.4) is 0 Å². The van der Waals surface area contributed by atoms with Crippen molar-refractivity contribution in [1.82, 2.24) is 0 Å². The van der Waals surface area contributed by atoms with Crippen LogP contribution in [0.15, 0.2) is 30.3 Å². The molecule has 0 bridgehead atoms. The van der Waals surface area contributed by atoms with Gasteiger partial charge in [-0.2, -0.15) is 0 Å². The maximum absolute atomic E-state index is 3.28. The summed E-state index contributed by atoms with van der Waals surface area (Å²) >= 11 is 1.69. The van der Waals surface area contributed by atoms with Gasteiger partial charge in [0.15, 0.2) is 12.1 Å². The van der Waals surface area contributed by atoms with Crippen molar-refractivity contribution in [2.24, 2.45) is 0 Å². The van der Waals surface area contributed by atoms with E-state index in [9.17, 15) is 0 Å². The van der Waals surface area contributed by atoms with Crippen molar-refractivity contribution in [2.75, 3.05) is 0 Å². The van der Waals surface area contributed by atoms with Crippen LogP contribution < -0.4 is 4.57 Å². The Bertz CT molecular complexity index is 417. The van der Waals surface area contributed by atoms with Crippen LogP contribution in [0.2, 0.25) is 0 Å². The summed E-state index contributed by atoms with van der Waals surface area (Å²) in [5, 5.41) is 0. The maximum atomic E-state index is 3.28. The number of hydrogen-bond donors (Lipinski definition) is 0. The number of hydrogen-bond acceptors (Lipinski definition) is 1. The van der Waals surface area contributed by atoms with Crippen LogP contribution >= 0.6 is 11.3 Å². The lowest BCUT2D eigenvalue weighted by molar-refractivity contribution is -0.693. The molecule has 0 atom stereocenters. The van der Waals surface area contributed by atoms with E-state index in [-0.39, 0.29) is 0 Å². The van der Waals surface area contributed by atoms with Gasteiger partial charge in [-0.3, -0.25) is 0 Å². The van der Waals surface area contributed by atoms with Crippen molar-refractivity contribution in [3.05, 3.63) is 52.0 Å². The molecule has 0 radical (unpaired) electrons. The molecule has 0 amide bonds. The van der Waals surface area contributed by atoms with E-state index in [1.807, 2.05) is 6.07 Å². The van der Waals surface area contributed by atoms with Crippen LogP contribution in [0.1, 0.15) is 16.1 Å². The summed E-state index contributed by atoms with van der Waals surface area (Å²) in [6.45, 7) is 5.21. The van der Waals surface area contributed by atoms with E-state index < -0.39 is 0 Å². The largest absolute Gasteiger partial charge is 0.304 e. The number of aryl methyl sites for hydroxylation is 1. The molecular formula is C12H13NS. The molecule has 1 heterocycles. The second-order valence-electron chi connectivity index (χ2n) is 3.41. The Morgan fingerprint density at radius 3 is 2.50 bits per heavy atom. The maximum Gasteiger partial charge on any atom is 0.179 e. The second-order valence-corrected chi connectivity index (χ2v) is 4.41. The molecule has 1 aromatic carbocycles. The molecule has 0 spiro atoms. The van der Waals surface area contributed by atoms with Crippen LogP contribution in [0.25, 0.3) is 0 Å². The van der Waals surface area contributed by atoms with Gasteiger partial charge in [0.2, 0.25) is 0 Å². The minimum Gasteiger partial charge on any atom is -0.304 e. The van der Waals surface area contributed by atoms with Crippen LogP contribution in [0.4, 0.5) is 0 Å². The predicted molar refractivity (Wildman–Crippen MR) is 58.4 cm³/mol. The molecule has 14 heavy (non-hydrogen) atoms. The highest BCUT2D eigenvalue weighted by Crippen LogP contribution is 2.08. The van der Waals surface area contributed by atoms with E-state index in [0.717, 1.165) is 6.54 Å². The molecule has 1 aromatic heterocycles. The lowest BCUT2D eigenvalue weighted by Crippen LogP contribution is -2.35. The molecule has 0 fully saturated rings. The third-order valence-corrected chi connectivity index (χ3v) is 3.32. The summed E-state index contributed by atoms with van der Waals surface area (Å²) in [7, 11) is 0. The first-order valence-electron chi connectivity index (χ1n) is 4.69. The van der Waals surface area contributed by atoms with Crippen LogP contribution in [-0.2, 0) is 6.54 Å². The highest BCUT2D eigenvalue weighted by Gasteiger charge is 2.02. The minimum atomic E-state index is 0.928. The Hall–Kier alpha value is -1.15. The van der Waals surface area contributed by atoms with Gasteiger partial charge in [0.25, 0.3) is 0 Å². The number of rotatable bonds is 2. The van der Waals surface area contributed by atoms with E-state index in [4.69, 9.17) is 0 Å². The molecule has 0 aliphatic heterocycles. The standard InChI is InChI=1S/C12H13NS/c1-10-11(2)14-9-13(10)8-12-6-4-3-5-7-12/h3-7H,8H2,1-2H3. The van der Waals surface area contributed by atoms with Gasteiger partial charge < -0.3 is 4.57 Å². The third-order valence-electron chi connectivity index (χ3n) is 2.41. The summed E-state index contributed by atoms with van der Waals surface area (Å²) < 4.78 is 2.18. The Labute approximate surface area is 88.7 Å². The molecular weight excluding hydrogens is 190 g/mol. The van der Waals surface area contributed by atoms with Gasteiger partial charge >= 0.3 is 0 Å². The molecule has 72 valence electrons. The zero-order valence-electron chi connectivity index (χ0n) is 8.45. The third kappa shape index (κ3) is 1.85. The number of aromatic nitrogens is 1. The zero-order valence-corrected chi connectivity index (χ0v) is 9.27. The molecule has 0 saturated carbocycles. The SMILES string of the molecule is Cc1s[c-][n+](Cc2ccccc2)c1C. The van der Waals surface area contributed by atoms with Crippen molar-refractivity contribution < 1.29 is 4.57 Å². The Kier molecular flexibility index (Phi) is 2.64. The summed E-state index contributed by atoms with van der Waals surface area (Å²) in [5.74, 6) is 0. The molecule has 2 heteroatoms. The summed E-state index contributed by atoms with van der Waals surface area (Å²) in [4.78, 5) is 1.35. The lowest BCUT2D eigenvalue weighted by Gasteiger charge is -2.02. The fraction of sp³-hybridized carbons (Fsp3) is 0.250. The van der Waals surface area contributed by atoms with Crippen molar-refractivity contribution in [3.63, 3.8) is 0 Å². The Morgan fingerprint density at radius 2 is 1.93 bits per heavy atom. The molecule has 0 N–H and O–H groups in total. The van der Waals surface area contributed by atoms with Crippen molar-refractivity contribution >= 4 is 11.3 Å². The molecule has 0 aliphatic carbocycles. The first-order valence-corrected chi connectivity index (χ1v) is 5.50. The van der Waals surface area contributed by atoms with E-state index in [2.05, 4.69) is 48.2 Å². The predicted octanol–water partition coefficient (Wildman–Crippen LogP) is 2.50. The van der Waals surface area contributed by atoms with E-state index in [1.165, 1.54) is 16.1 Å². The summed E-state index contributed by atoms with van der Waals surface area (Å²) in [6.07, 6.45) is 0. The smallest absolute Gasteiger partial charge is 0.179 e. The van der Waals surface area contributed by atoms with Gasteiger partial charge in [-0.05, 0) is 6.92 Å². The van der Waals surface area contributed by atoms with Crippen LogP contribution in [0.5, 0.6) is 0 Å².